The summed E-state index contributed by atoms with van der Waals surface area (Å²) in [6, 6.07) is 5.40. The van der Waals surface area contributed by atoms with Crippen molar-refractivity contribution >= 4 is 15.6 Å². The molecule has 6 heteroatoms. The molecule has 0 spiro atoms. The molecule has 0 amide bonds. The van der Waals surface area contributed by atoms with Crippen molar-refractivity contribution in [3.8, 4) is 6.07 Å². The van der Waals surface area contributed by atoms with Crippen LogP contribution in [0.1, 0.15) is 41.6 Å². The standard InChI is InChI=1S/C15H14FNO3S/c16-11-2-1-9(8-17)14(7-11)15(18)10-5-12-3-4-13(6-10)21(12,19)20/h1-2,7,10,12-13H,3-6H2. The molecule has 0 aliphatic carbocycles. The van der Waals surface area contributed by atoms with Crippen LogP contribution in [-0.2, 0) is 9.84 Å². The van der Waals surface area contributed by atoms with Gasteiger partial charge in [0.15, 0.2) is 15.6 Å². The molecule has 1 aromatic carbocycles. The number of fused-ring (bicyclic) bond motifs is 2. The Morgan fingerprint density at radius 2 is 1.86 bits per heavy atom. The number of hydrogen-bond donors (Lipinski definition) is 0. The highest BCUT2D eigenvalue weighted by atomic mass is 32.2. The maximum atomic E-state index is 13.3. The van der Waals surface area contributed by atoms with E-state index in [0.717, 1.165) is 12.1 Å². The zero-order chi connectivity index (χ0) is 15.2. The SMILES string of the molecule is N#Cc1ccc(F)cc1C(=O)C1CC2CCC(C1)S2(=O)=O. The first-order valence-electron chi connectivity index (χ1n) is 6.90. The van der Waals surface area contributed by atoms with E-state index in [4.69, 9.17) is 5.26 Å². The minimum absolute atomic E-state index is 0.0706. The van der Waals surface area contributed by atoms with Gasteiger partial charge in [-0.1, -0.05) is 0 Å². The summed E-state index contributed by atoms with van der Waals surface area (Å²) in [6.07, 6.45) is 1.79. The second kappa shape index (κ2) is 4.92. The normalized spacial score (nSPS) is 29.8. The number of hydrogen-bond acceptors (Lipinski definition) is 4. The number of benzene rings is 1. The molecule has 110 valence electrons. The van der Waals surface area contributed by atoms with Crippen LogP contribution in [-0.4, -0.2) is 24.7 Å². The van der Waals surface area contributed by atoms with Gasteiger partial charge in [-0.3, -0.25) is 4.79 Å². The predicted octanol–water partition coefficient (Wildman–Crippen LogP) is 2.24. The summed E-state index contributed by atoms with van der Waals surface area (Å²) in [5.74, 6) is -1.30. The molecule has 2 unspecified atom stereocenters. The Hall–Kier alpha value is -1.74. The van der Waals surface area contributed by atoms with Gasteiger partial charge in [0.05, 0.1) is 22.1 Å². The zero-order valence-corrected chi connectivity index (χ0v) is 12.1. The molecule has 1 aromatic rings. The monoisotopic (exact) mass is 307 g/mol. The van der Waals surface area contributed by atoms with Crippen LogP contribution in [0, 0.1) is 23.1 Å². The van der Waals surface area contributed by atoms with Crippen LogP contribution in [0.3, 0.4) is 0 Å². The van der Waals surface area contributed by atoms with Crippen molar-refractivity contribution in [1.82, 2.24) is 0 Å². The molecule has 0 radical (unpaired) electrons. The highest BCUT2D eigenvalue weighted by molar-refractivity contribution is 7.93. The molecule has 21 heavy (non-hydrogen) atoms. The Morgan fingerprint density at radius 1 is 1.24 bits per heavy atom. The molecule has 3 rings (SSSR count). The van der Waals surface area contributed by atoms with Gasteiger partial charge in [-0.05, 0) is 43.9 Å². The summed E-state index contributed by atoms with van der Waals surface area (Å²) < 4.78 is 37.4. The molecule has 0 aromatic heterocycles. The summed E-state index contributed by atoms with van der Waals surface area (Å²) in [5.41, 5.74) is 0.211. The minimum Gasteiger partial charge on any atom is -0.294 e. The number of ketones is 1. The third-order valence-corrected chi connectivity index (χ3v) is 7.29. The van der Waals surface area contributed by atoms with Crippen molar-refractivity contribution in [2.45, 2.75) is 36.2 Å². The molecule has 2 saturated heterocycles. The summed E-state index contributed by atoms with van der Waals surface area (Å²) in [6.45, 7) is 0. The Kier molecular flexibility index (Phi) is 3.33. The van der Waals surface area contributed by atoms with Gasteiger partial charge in [-0.25, -0.2) is 12.8 Å². The maximum Gasteiger partial charge on any atom is 0.167 e. The Bertz CT molecular complexity index is 731. The molecular weight excluding hydrogens is 293 g/mol. The van der Waals surface area contributed by atoms with Gasteiger partial charge in [-0.2, -0.15) is 5.26 Å². The lowest BCUT2D eigenvalue weighted by Gasteiger charge is -2.27. The van der Waals surface area contributed by atoms with Crippen molar-refractivity contribution in [1.29, 1.82) is 5.26 Å². The first kappa shape index (κ1) is 14.2. The van der Waals surface area contributed by atoms with Gasteiger partial charge < -0.3 is 0 Å². The molecule has 2 bridgehead atoms. The second-order valence-corrected chi connectivity index (χ2v) is 8.26. The van der Waals surface area contributed by atoms with Crippen molar-refractivity contribution < 1.29 is 17.6 Å². The van der Waals surface area contributed by atoms with E-state index < -0.39 is 32.1 Å². The fraction of sp³-hybridized carbons (Fsp3) is 0.467. The van der Waals surface area contributed by atoms with E-state index in [1.54, 1.807) is 0 Å². The predicted molar refractivity (Wildman–Crippen MR) is 73.9 cm³/mol. The molecule has 2 aliphatic rings. The number of Topliss-reactive ketones (excluding diaryl/α,β-unsaturated/α-hetero) is 1. The lowest BCUT2D eigenvalue weighted by atomic mass is 9.88. The lowest BCUT2D eigenvalue weighted by molar-refractivity contribution is 0.0904. The van der Waals surface area contributed by atoms with E-state index in [-0.39, 0.29) is 16.9 Å². The smallest absolute Gasteiger partial charge is 0.167 e. The van der Waals surface area contributed by atoms with Crippen LogP contribution in [0.2, 0.25) is 0 Å². The van der Waals surface area contributed by atoms with Crippen molar-refractivity contribution in [2.75, 3.05) is 0 Å². The average molecular weight is 307 g/mol. The van der Waals surface area contributed by atoms with Crippen molar-refractivity contribution in [3.63, 3.8) is 0 Å². The number of rotatable bonds is 2. The third kappa shape index (κ3) is 2.26. The fourth-order valence-electron chi connectivity index (χ4n) is 3.46. The number of sulfone groups is 1. The Balaban J connectivity index is 1.92. The molecule has 2 fully saturated rings. The average Bonchev–Trinajstić information content (AvgIpc) is 2.66. The van der Waals surface area contributed by atoms with Gasteiger partial charge in [0, 0.05) is 11.5 Å². The molecular formula is C15H14FNO3S. The summed E-state index contributed by atoms with van der Waals surface area (Å²) in [5, 5.41) is 8.13. The minimum atomic E-state index is -3.09. The lowest BCUT2D eigenvalue weighted by Crippen LogP contribution is -2.36. The largest absolute Gasteiger partial charge is 0.294 e. The Labute approximate surface area is 122 Å². The number of halogens is 1. The third-order valence-electron chi connectivity index (χ3n) is 4.57. The van der Waals surface area contributed by atoms with Gasteiger partial charge in [0.1, 0.15) is 5.82 Å². The van der Waals surface area contributed by atoms with E-state index in [1.807, 2.05) is 6.07 Å². The molecule has 0 N–H and O–H groups in total. The molecule has 4 nitrogen and oxygen atoms in total. The van der Waals surface area contributed by atoms with Crippen molar-refractivity contribution in [2.24, 2.45) is 5.92 Å². The van der Waals surface area contributed by atoms with E-state index in [0.29, 0.717) is 25.7 Å². The van der Waals surface area contributed by atoms with E-state index in [2.05, 4.69) is 0 Å². The topological polar surface area (TPSA) is 75.0 Å². The fourth-order valence-corrected chi connectivity index (χ4v) is 5.93. The second-order valence-electron chi connectivity index (χ2n) is 5.74. The van der Waals surface area contributed by atoms with Crippen LogP contribution in [0.25, 0.3) is 0 Å². The van der Waals surface area contributed by atoms with E-state index in [1.165, 1.54) is 6.07 Å². The van der Waals surface area contributed by atoms with Crippen LogP contribution in [0.5, 0.6) is 0 Å². The first-order chi connectivity index (χ1) is 9.93. The van der Waals surface area contributed by atoms with Gasteiger partial charge >= 0.3 is 0 Å². The van der Waals surface area contributed by atoms with Crippen LogP contribution < -0.4 is 0 Å². The van der Waals surface area contributed by atoms with Gasteiger partial charge in [0.2, 0.25) is 0 Å². The summed E-state index contributed by atoms with van der Waals surface area (Å²) in [4.78, 5) is 12.5. The molecule has 2 aliphatic heterocycles. The summed E-state index contributed by atoms with van der Waals surface area (Å²) in [7, 11) is -3.09. The van der Waals surface area contributed by atoms with Gasteiger partial charge in [-0.15, -0.1) is 0 Å². The van der Waals surface area contributed by atoms with Crippen LogP contribution in [0.4, 0.5) is 4.39 Å². The number of carbonyl (C=O) groups is 1. The van der Waals surface area contributed by atoms with Crippen LogP contribution in [0.15, 0.2) is 18.2 Å². The maximum absolute atomic E-state index is 13.3. The first-order valence-corrected chi connectivity index (χ1v) is 8.51. The summed E-state index contributed by atoms with van der Waals surface area (Å²) >= 11 is 0. The van der Waals surface area contributed by atoms with Gasteiger partial charge in [0.25, 0.3) is 0 Å². The number of nitrogens with zero attached hydrogens (tertiary/aromatic N) is 1. The Morgan fingerprint density at radius 3 is 2.43 bits per heavy atom. The molecule has 2 heterocycles. The van der Waals surface area contributed by atoms with E-state index in [9.17, 15) is 17.6 Å². The quantitative estimate of drug-likeness (QED) is 0.785. The zero-order valence-electron chi connectivity index (χ0n) is 11.3. The van der Waals surface area contributed by atoms with Crippen molar-refractivity contribution in [3.05, 3.63) is 35.1 Å². The molecule has 2 atom stereocenters. The van der Waals surface area contributed by atoms with E-state index >= 15 is 0 Å². The van der Waals surface area contributed by atoms with Crippen LogP contribution >= 0.6 is 0 Å². The number of nitriles is 1. The highest BCUT2D eigenvalue weighted by Crippen LogP contribution is 2.42. The number of carbonyl (C=O) groups excluding carboxylic acids is 1. The molecule has 0 saturated carbocycles. The highest BCUT2D eigenvalue weighted by Gasteiger charge is 2.48.